The molecule has 0 radical (unpaired) electrons. The molecule has 2 aliphatic rings. The topological polar surface area (TPSA) is 82.9 Å². The monoisotopic (exact) mass is 490 g/mol. The lowest BCUT2D eigenvalue weighted by atomic mass is 9.91. The van der Waals surface area contributed by atoms with Gasteiger partial charge in [0, 0.05) is 49.8 Å². The van der Waals surface area contributed by atoms with Gasteiger partial charge in [0.25, 0.3) is 0 Å². The summed E-state index contributed by atoms with van der Waals surface area (Å²) in [5, 5.41) is 15.4. The van der Waals surface area contributed by atoms with Crippen LogP contribution in [-0.4, -0.2) is 51.0 Å². The molecule has 2 aromatic heterocycles. The molecule has 2 heterocycles. The maximum Gasteiger partial charge on any atom is 0.225 e. The Morgan fingerprint density at radius 3 is 2.46 bits per heavy atom. The van der Waals surface area contributed by atoms with Gasteiger partial charge in [-0.1, -0.05) is 0 Å². The minimum Gasteiger partial charge on any atom is -0.362 e. The van der Waals surface area contributed by atoms with E-state index in [2.05, 4.69) is 40.0 Å². The number of nitrogens with zero attached hydrogens (tertiary/aromatic N) is 5. The molecule has 0 amide bonds. The zero-order chi connectivity index (χ0) is 24.2. The normalized spacial score (nSPS) is 19.5. The largest absolute Gasteiger partial charge is 0.362 e. The fourth-order valence-corrected chi connectivity index (χ4v) is 5.33. The molecule has 0 spiro atoms. The fourth-order valence-electron chi connectivity index (χ4n) is 5.05. The van der Waals surface area contributed by atoms with Crippen molar-refractivity contribution in [3.63, 3.8) is 0 Å². The number of hydrogen-bond donors (Lipinski definition) is 3. The quantitative estimate of drug-likeness (QED) is 0.441. The van der Waals surface area contributed by atoms with Gasteiger partial charge in [0.05, 0.1) is 11.4 Å². The second-order valence-electron chi connectivity index (χ2n) is 9.69. The van der Waals surface area contributed by atoms with Crippen LogP contribution < -0.4 is 20.9 Å². The first-order valence-electron chi connectivity index (χ1n) is 12.6. The molecule has 0 saturated heterocycles. The van der Waals surface area contributed by atoms with Gasteiger partial charge in [-0.15, -0.1) is 0 Å². The van der Waals surface area contributed by atoms with Crippen molar-refractivity contribution in [2.75, 3.05) is 29.6 Å². The van der Waals surface area contributed by atoms with Gasteiger partial charge in [0.15, 0.2) is 5.11 Å². The van der Waals surface area contributed by atoms with Crippen molar-refractivity contribution in [2.45, 2.75) is 63.5 Å². The summed E-state index contributed by atoms with van der Waals surface area (Å²) in [5.74, 6) is 1.85. The van der Waals surface area contributed by atoms with Crippen LogP contribution in [0.3, 0.4) is 0 Å². The number of rotatable bonds is 6. The lowest BCUT2D eigenvalue weighted by Gasteiger charge is -2.31. The first kappa shape index (κ1) is 23.5. The van der Waals surface area contributed by atoms with Crippen LogP contribution in [0.2, 0.25) is 0 Å². The van der Waals surface area contributed by atoms with Gasteiger partial charge in [-0.25, -0.2) is 9.67 Å². The minimum absolute atomic E-state index is 0.373. The van der Waals surface area contributed by atoms with Crippen LogP contribution in [0.25, 0.3) is 5.69 Å². The summed E-state index contributed by atoms with van der Waals surface area (Å²) in [5.41, 5.74) is 4.54. The van der Waals surface area contributed by atoms with Crippen molar-refractivity contribution >= 4 is 34.8 Å². The molecule has 1 fully saturated rings. The lowest BCUT2D eigenvalue weighted by molar-refractivity contribution is 0.387. The van der Waals surface area contributed by atoms with Crippen LogP contribution >= 0.6 is 12.2 Å². The smallest absolute Gasteiger partial charge is 0.225 e. The fraction of sp³-hybridized carbons (Fsp3) is 0.462. The zero-order valence-corrected chi connectivity index (χ0v) is 21.3. The Balaban J connectivity index is 1.11. The highest BCUT2D eigenvalue weighted by Gasteiger charge is 2.24. The van der Waals surface area contributed by atoms with Crippen LogP contribution in [0.1, 0.15) is 49.8 Å². The van der Waals surface area contributed by atoms with E-state index in [9.17, 15) is 0 Å². The highest BCUT2D eigenvalue weighted by atomic mass is 32.1. The number of thiocarbonyl (C=S) groups is 1. The molecular formula is C26H34N8S. The number of anilines is 3. The molecular weight excluding hydrogens is 456 g/mol. The van der Waals surface area contributed by atoms with E-state index in [-0.39, 0.29) is 0 Å². The summed E-state index contributed by atoms with van der Waals surface area (Å²) in [7, 11) is 4.14. The maximum atomic E-state index is 5.58. The van der Waals surface area contributed by atoms with E-state index in [1.54, 1.807) is 6.20 Å². The van der Waals surface area contributed by atoms with Crippen molar-refractivity contribution in [3.8, 4) is 5.69 Å². The molecule has 0 unspecified atom stereocenters. The zero-order valence-electron chi connectivity index (χ0n) is 20.5. The van der Waals surface area contributed by atoms with Crippen LogP contribution in [0.4, 0.5) is 17.5 Å². The Bertz CT molecular complexity index is 1130. The second-order valence-corrected chi connectivity index (χ2v) is 10.1. The summed E-state index contributed by atoms with van der Waals surface area (Å²) >= 11 is 5.58. The molecule has 0 bridgehead atoms. The van der Waals surface area contributed by atoms with Gasteiger partial charge in [0.1, 0.15) is 5.82 Å². The number of aromatic nitrogens is 4. The SMILES string of the molecule is CN(C)c1nc(NC2CCC(NC(=S)Nc3ccc(-n4cccn4)cc3)CC2)nc2c1CCCC2. The molecule has 2 aliphatic carbocycles. The second kappa shape index (κ2) is 10.6. The van der Waals surface area contributed by atoms with E-state index in [4.69, 9.17) is 22.2 Å². The van der Waals surface area contributed by atoms with Crippen molar-refractivity contribution in [2.24, 2.45) is 0 Å². The van der Waals surface area contributed by atoms with E-state index < -0.39 is 0 Å². The summed E-state index contributed by atoms with van der Waals surface area (Å²) in [6, 6.07) is 10.8. The Hall–Kier alpha value is -3.20. The van der Waals surface area contributed by atoms with E-state index in [0.717, 1.165) is 61.7 Å². The highest BCUT2D eigenvalue weighted by Crippen LogP contribution is 2.29. The van der Waals surface area contributed by atoms with E-state index in [1.165, 1.54) is 24.1 Å². The molecule has 184 valence electrons. The summed E-state index contributed by atoms with van der Waals surface area (Å²) < 4.78 is 1.84. The summed E-state index contributed by atoms with van der Waals surface area (Å²) in [6.07, 6.45) is 12.5. The van der Waals surface area contributed by atoms with Crippen LogP contribution in [0.15, 0.2) is 42.7 Å². The third-order valence-electron chi connectivity index (χ3n) is 6.87. The first-order valence-corrected chi connectivity index (χ1v) is 13.0. The third kappa shape index (κ3) is 5.73. The number of fused-ring (bicyclic) bond motifs is 1. The molecule has 5 rings (SSSR count). The predicted octanol–water partition coefficient (Wildman–Crippen LogP) is 4.32. The van der Waals surface area contributed by atoms with E-state index in [1.807, 2.05) is 41.2 Å². The van der Waals surface area contributed by atoms with Crippen molar-refractivity contribution in [1.82, 2.24) is 25.1 Å². The molecule has 1 saturated carbocycles. The van der Waals surface area contributed by atoms with Crippen LogP contribution in [0, 0.1) is 0 Å². The number of nitrogens with one attached hydrogen (secondary N) is 3. The van der Waals surface area contributed by atoms with Crippen molar-refractivity contribution in [1.29, 1.82) is 0 Å². The molecule has 0 aliphatic heterocycles. The minimum atomic E-state index is 0.373. The first-order chi connectivity index (χ1) is 17.0. The highest BCUT2D eigenvalue weighted by molar-refractivity contribution is 7.80. The molecule has 3 N–H and O–H groups in total. The molecule has 35 heavy (non-hydrogen) atoms. The maximum absolute atomic E-state index is 5.58. The van der Waals surface area contributed by atoms with Crippen LogP contribution in [-0.2, 0) is 12.8 Å². The van der Waals surface area contributed by atoms with E-state index >= 15 is 0 Å². The number of benzene rings is 1. The average molecular weight is 491 g/mol. The number of hydrogen-bond acceptors (Lipinski definition) is 6. The standard InChI is InChI=1S/C26H34N8S/c1-33(2)24-22-6-3-4-7-23(22)31-25(32-24)28-18-8-10-19(11-9-18)29-26(35)30-20-12-14-21(15-13-20)34-17-5-16-27-34/h5,12-19H,3-4,6-11H2,1-2H3,(H,28,31,32)(H2,29,30,35). The van der Waals surface area contributed by atoms with Crippen LogP contribution in [0.5, 0.6) is 0 Å². The Labute approximate surface area is 212 Å². The Morgan fingerprint density at radius 1 is 1.00 bits per heavy atom. The molecule has 9 heteroatoms. The summed E-state index contributed by atoms with van der Waals surface area (Å²) in [4.78, 5) is 11.9. The van der Waals surface area contributed by atoms with Gasteiger partial charge in [-0.3, -0.25) is 0 Å². The average Bonchev–Trinajstić information content (AvgIpc) is 3.40. The third-order valence-corrected chi connectivity index (χ3v) is 7.09. The van der Waals surface area contributed by atoms with Gasteiger partial charge in [-0.2, -0.15) is 10.1 Å². The molecule has 3 aromatic rings. The van der Waals surface area contributed by atoms with Gasteiger partial charge in [-0.05, 0) is 93.9 Å². The number of aryl methyl sites for hydroxylation is 1. The van der Waals surface area contributed by atoms with Crippen molar-refractivity contribution < 1.29 is 0 Å². The van der Waals surface area contributed by atoms with Crippen molar-refractivity contribution in [3.05, 3.63) is 54.0 Å². The van der Waals surface area contributed by atoms with E-state index in [0.29, 0.717) is 17.2 Å². The Kier molecular flexibility index (Phi) is 7.13. The van der Waals surface area contributed by atoms with Gasteiger partial charge >= 0.3 is 0 Å². The van der Waals surface area contributed by atoms with Gasteiger partial charge < -0.3 is 20.9 Å². The molecule has 8 nitrogen and oxygen atoms in total. The van der Waals surface area contributed by atoms with Gasteiger partial charge in [0.2, 0.25) is 5.95 Å². The lowest BCUT2D eigenvalue weighted by Crippen LogP contribution is -2.42. The Morgan fingerprint density at radius 2 is 1.74 bits per heavy atom. The predicted molar refractivity (Wildman–Crippen MR) is 146 cm³/mol. The summed E-state index contributed by atoms with van der Waals surface area (Å²) in [6.45, 7) is 0. The molecule has 0 atom stereocenters. The molecule has 1 aromatic carbocycles.